The zero-order valence-electron chi connectivity index (χ0n) is 20.4. The first-order valence-electron chi connectivity index (χ1n) is 11.5. The van der Waals surface area contributed by atoms with Crippen molar-refractivity contribution in [1.82, 2.24) is 14.8 Å². The number of benzene rings is 2. The minimum atomic E-state index is -0.792. The van der Waals surface area contributed by atoms with Gasteiger partial charge in [0.15, 0.2) is 22.9 Å². The number of nitrogens with zero attached hydrogens (tertiary/aromatic N) is 2. The second kappa shape index (κ2) is 9.04. The lowest BCUT2D eigenvalue weighted by atomic mass is 9.93. The predicted octanol–water partition coefficient (Wildman–Crippen LogP) is 5.02. The Morgan fingerprint density at radius 3 is 2.72 bits per heavy atom. The zero-order valence-corrected chi connectivity index (χ0v) is 21.1. The van der Waals surface area contributed by atoms with Crippen molar-refractivity contribution in [2.45, 2.75) is 13.0 Å². The fourth-order valence-corrected chi connectivity index (χ4v) is 5.07. The number of Topliss-reactive ketones (excluding diaryl/α,β-unsaturated/α-hetero) is 1. The number of rotatable bonds is 7. The standard InChI is InChI=1S/C27H26ClN3O5/c1-14-21(17-7-5-6-8-18(17)29-14)23-22(25(33)27(34)31(23)10-9-30(2)3)24(32)19-12-15-11-16(28)13-20(35-4)26(15)36-19/h5-8,11-13,23,29,33H,9-10H2,1-4H3. The lowest BCUT2D eigenvalue weighted by Crippen LogP contribution is -2.36. The fourth-order valence-electron chi connectivity index (χ4n) is 4.86. The SMILES string of the molecule is COc1cc(Cl)cc2cc(C(=O)C3=C(O)C(=O)N(CCN(C)C)C3c3c(C)[nH]c4ccccc34)oc12. The Kier molecular flexibility index (Phi) is 6.02. The number of aliphatic hydroxyl groups excluding tert-OH is 1. The Labute approximate surface area is 212 Å². The van der Waals surface area contributed by atoms with Crippen LogP contribution >= 0.6 is 11.6 Å². The molecule has 0 radical (unpaired) electrons. The summed E-state index contributed by atoms with van der Waals surface area (Å²) in [5.41, 5.74) is 2.80. The highest BCUT2D eigenvalue weighted by Crippen LogP contribution is 2.44. The van der Waals surface area contributed by atoms with Crippen molar-refractivity contribution < 1.29 is 23.8 Å². The topological polar surface area (TPSA) is 99.0 Å². The van der Waals surface area contributed by atoms with E-state index in [1.807, 2.05) is 50.2 Å². The Balaban J connectivity index is 1.67. The minimum Gasteiger partial charge on any atom is -0.503 e. The van der Waals surface area contributed by atoms with Crippen LogP contribution in [0.5, 0.6) is 5.75 Å². The van der Waals surface area contributed by atoms with Crippen LogP contribution in [0.2, 0.25) is 5.02 Å². The molecule has 1 amide bonds. The monoisotopic (exact) mass is 507 g/mol. The van der Waals surface area contributed by atoms with Gasteiger partial charge in [0.05, 0.1) is 18.7 Å². The largest absolute Gasteiger partial charge is 0.503 e. The Morgan fingerprint density at radius 2 is 2.00 bits per heavy atom. The number of hydrogen-bond acceptors (Lipinski definition) is 6. The molecule has 186 valence electrons. The summed E-state index contributed by atoms with van der Waals surface area (Å²) < 4.78 is 11.3. The van der Waals surface area contributed by atoms with Crippen LogP contribution in [0.3, 0.4) is 0 Å². The second-order valence-electron chi connectivity index (χ2n) is 9.14. The molecule has 2 N–H and O–H groups in total. The maximum atomic E-state index is 13.9. The number of ketones is 1. The fraction of sp³-hybridized carbons (Fsp3) is 0.259. The Morgan fingerprint density at radius 1 is 1.25 bits per heavy atom. The molecular weight excluding hydrogens is 482 g/mol. The van der Waals surface area contributed by atoms with Crippen LogP contribution in [0.15, 0.2) is 58.2 Å². The molecular formula is C27H26ClN3O5. The molecule has 1 aliphatic rings. The number of carbonyl (C=O) groups excluding carboxylic acids is 2. The number of methoxy groups -OCH3 is 1. The molecule has 0 saturated carbocycles. The van der Waals surface area contributed by atoms with Crippen molar-refractivity contribution in [3.63, 3.8) is 0 Å². The van der Waals surface area contributed by atoms with Gasteiger partial charge < -0.3 is 29.0 Å². The van der Waals surface area contributed by atoms with Crippen LogP contribution in [-0.4, -0.2) is 65.9 Å². The van der Waals surface area contributed by atoms with Crippen LogP contribution in [0.1, 0.15) is 27.9 Å². The van der Waals surface area contributed by atoms with Crippen molar-refractivity contribution in [2.75, 3.05) is 34.3 Å². The average Bonchev–Trinajstić information content (AvgIpc) is 3.48. The number of aliphatic hydroxyl groups is 1. The van der Waals surface area contributed by atoms with Gasteiger partial charge in [-0.3, -0.25) is 9.59 Å². The van der Waals surface area contributed by atoms with E-state index >= 15 is 0 Å². The molecule has 1 atom stereocenters. The number of aryl methyl sites for hydroxylation is 1. The number of carbonyl (C=O) groups is 2. The van der Waals surface area contributed by atoms with Gasteiger partial charge in [-0.05, 0) is 39.2 Å². The summed E-state index contributed by atoms with van der Waals surface area (Å²) in [6.07, 6.45) is 0. The van der Waals surface area contributed by atoms with Gasteiger partial charge in [0, 0.05) is 51.7 Å². The zero-order chi connectivity index (χ0) is 25.7. The van der Waals surface area contributed by atoms with Crippen molar-refractivity contribution >= 4 is 45.2 Å². The summed E-state index contributed by atoms with van der Waals surface area (Å²) in [6.45, 7) is 2.77. The number of aromatic nitrogens is 1. The van der Waals surface area contributed by atoms with Gasteiger partial charge in [0.25, 0.3) is 5.91 Å². The number of fused-ring (bicyclic) bond motifs is 2. The number of ether oxygens (including phenoxy) is 1. The van der Waals surface area contributed by atoms with Gasteiger partial charge in [-0.1, -0.05) is 29.8 Å². The predicted molar refractivity (Wildman–Crippen MR) is 138 cm³/mol. The molecule has 0 saturated heterocycles. The third-order valence-electron chi connectivity index (χ3n) is 6.54. The molecule has 1 aliphatic heterocycles. The van der Waals surface area contributed by atoms with E-state index in [-0.39, 0.29) is 11.3 Å². The highest BCUT2D eigenvalue weighted by atomic mass is 35.5. The van der Waals surface area contributed by atoms with E-state index in [9.17, 15) is 14.7 Å². The Hall–Kier alpha value is -3.75. The molecule has 2 aromatic heterocycles. The lowest BCUT2D eigenvalue weighted by Gasteiger charge is -2.28. The van der Waals surface area contributed by atoms with Gasteiger partial charge in [-0.25, -0.2) is 0 Å². The molecule has 4 aromatic rings. The van der Waals surface area contributed by atoms with Crippen LogP contribution in [-0.2, 0) is 4.79 Å². The maximum absolute atomic E-state index is 13.9. The first-order chi connectivity index (χ1) is 17.2. The van der Waals surface area contributed by atoms with Gasteiger partial charge >= 0.3 is 0 Å². The number of halogens is 1. The third-order valence-corrected chi connectivity index (χ3v) is 6.76. The number of amides is 1. The molecule has 3 heterocycles. The number of furan rings is 1. The molecule has 36 heavy (non-hydrogen) atoms. The molecule has 0 bridgehead atoms. The quantitative estimate of drug-likeness (QED) is 0.341. The van der Waals surface area contributed by atoms with E-state index in [2.05, 4.69) is 4.98 Å². The molecule has 0 spiro atoms. The van der Waals surface area contributed by atoms with Crippen molar-refractivity contribution in [3.05, 3.63) is 75.8 Å². The number of likely N-dealkylation sites (N-methyl/N-ethyl adjacent to an activating group) is 1. The van der Waals surface area contributed by atoms with E-state index in [4.69, 9.17) is 20.8 Å². The summed E-state index contributed by atoms with van der Waals surface area (Å²) in [6, 6.07) is 11.7. The van der Waals surface area contributed by atoms with Gasteiger partial charge in [-0.2, -0.15) is 0 Å². The molecule has 8 nitrogen and oxygen atoms in total. The summed E-state index contributed by atoms with van der Waals surface area (Å²) in [7, 11) is 5.29. The molecule has 5 rings (SSSR count). The molecule has 0 aliphatic carbocycles. The van der Waals surface area contributed by atoms with Crippen molar-refractivity contribution in [2.24, 2.45) is 0 Å². The number of para-hydroxylation sites is 1. The first-order valence-corrected chi connectivity index (χ1v) is 11.9. The van der Waals surface area contributed by atoms with Crippen molar-refractivity contribution in [1.29, 1.82) is 0 Å². The average molecular weight is 508 g/mol. The molecule has 9 heteroatoms. The van der Waals surface area contributed by atoms with E-state index in [1.54, 1.807) is 23.1 Å². The molecule has 2 aromatic carbocycles. The van der Waals surface area contributed by atoms with Gasteiger partial charge in [0.2, 0.25) is 5.78 Å². The summed E-state index contributed by atoms with van der Waals surface area (Å²) in [5, 5.41) is 12.9. The van der Waals surface area contributed by atoms with Crippen LogP contribution in [0.25, 0.3) is 21.9 Å². The third kappa shape index (κ3) is 3.83. The normalized spacial score (nSPS) is 16.2. The second-order valence-corrected chi connectivity index (χ2v) is 9.58. The highest BCUT2D eigenvalue weighted by Gasteiger charge is 2.46. The minimum absolute atomic E-state index is 0.0168. The smallest absolute Gasteiger partial charge is 0.290 e. The first kappa shape index (κ1) is 24.0. The highest BCUT2D eigenvalue weighted by molar-refractivity contribution is 6.31. The van der Waals surface area contributed by atoms with Gasteiger partial charge in [0.1, 0.15) is 0 Å². The van der Waals surface area contributed by atoms with Gasteiger partial charge in [-0.15, -0.1) is 0 Å². The van der Waals surface area contributed by atoms with Crippen LogP contribution in [0.4, 0.5) is 0 Å². The van der Waals surface area contributed by atoms with Crippen LogP contribution in [0, 0.1) is 6.92 Å². The van der Waals surface area contributed by atoms with Crippen LogP contribution < -0.4 is 4.74 Å². The van der Waals surface area contributed by atoms with E-state index in [1.165, 1.54) is 7.11 Å². The number of H-pyrrole nitrogens is 1. The summed E-state index contributed by atoms with van der Waals surface area (Å²) >= 11 is 6.19. The van der Waals surface area contributed by atoms with Crippen molar-refractivity contribution in [3.8, 4) is 5.75 Å². The number of hydrogen-bond donors (Lipinski definition) is 2. The summed E-state index contributed by atoms with van der Waals surface area (Å²) in [4.78, 5) is 34.0. The number of nitrogens with one attached hydrogen (secondary N) is 1. The van der Waals surface area contributed by atoms with E-state index in [0.717, 1.165) is 22.2 Å². The molecule has 0 fully saturated rings. The number of aromatic amines is 1. The maximum Gasteiger partial charge on any atom is 0.290 e. The lowest BCUT2D eigenvalue weighted by molar-refractivity contribution is -0.129. The summed E-state index contributed by atoms with van der Waals surface area (Å²) in [5.74, 6) is -1.37. The Bertz CT molecular complexity index is 1550. The van der Waals surface area contributed by atoms with E-state index in [0.29, 0.717) is 34.8 Å². The molecule has 1 unspecified atom stereocenters. The van der Waals surface area contributed by atoms with E-state index < -0.39 is 23.5 Å².